The van der Waals surface area contributed by atoms with Crippen molar-refractivity contribution in [1.82, 2.24) is 14.9 Å². The lowest BCUT2D eigenvalue weighted by molar-refractivity contribution is 0.296. The number of hydrogen-bond donors (Lipinski definition) is 1. The quantitative estimate of drug-likeness (QED) is 0.763. The first kappa shape index (κ1) is 13.8. The predicted octanol–water partition coefficient (Wildman–Crippen LogP) is 4.07. The van der Waals surface area contributed by atoms with E-state index in [-0.39, 0.29) is 0 Å². The number of imidazole rings is 1. The standard InChI is InChI=1S/C18H21N3/c1-3-21(4-2)13-14-9-5-6-10-15(14)18-19-16-11-7-8-12-17(16)20-18/h5-12H,3-4,13H2,1-2H3,(H,19,20). The number of nitrogens with one attached hydrogen (secondary N) is 1. The van der Waals surface area contributed by atoms with Gasteiger partial charge in [0.05, 0.1) is 11.0 Å². The number of para-hydroxylation sites is 2. The maximum atomic E-state index is 4.73. The second-order valence-electron chi connectivity index (χ2n) is 5.22. The lowest BCUT2D eigenvalue weighted by Gasteiger charge is -2.19. The molecular formula is C18H21N3. The van der Waals surface area contributed by atoms with Crippen LogP contribution in [-0.2, 0) is 6.54 Å². The predicted molar refractivity (Wildman–Crippen MR) is 88.2 cm³/mol. The number of fused-ring (bicyclic) bond motifs is 1. The van der Waals surface area contributed by atoms with Crippen LogP contribution in [0.15, 0.2) is 48.5 Å². The minimum atomic E-state index is 0.957. The van der Waals surface area contributed by atoms with E-state index in [1.165, 1.54) is 11.1 Å². The Kier molecular flexibility index (Phi) is 4.02. The molecule has 0 unspecified atom stereocenters. The normalized spacial score (nSPS) is 11.4. The summed E-state index contributed by atoms with van der Waals surface area (Å²) >= 11 is 0. The maximum absolute atomic E-state index is 4.73. The van der Waals surface area contributed by atoms with E-state index in [0.717, 1.165) is 36.5 Å². The van der Waals surface area contributed by atoms with Gasteiger partial charge in [-0.25, -0.2) is 4.98 Å². The molecule has 1 N–H and O–H groups in total. The average molecular weight is 279 g/mol. The first-order valence-corrected chi connectivity index (χ1v) is 7.57. The molecule has 3 aromatic rings. The summed E-state index contributed by atoms with van der Waals surface area (Å²) in [6, 6.07) is 16.7. The van der Waals surface area contributed by atoms with Crippen LogP contribution in [0.3, 0.4) is 0 Å². The van der Waals surface area contributed by atoms with Crippen LogP contribution in [0, 0.1) is 0 Å². The number of rotatable bonds is 5. The van der Waals surface area contributed by atoms with Crippen LogP contribution in [0.1, 0.15) is 19.4 Å². The summed E-state index contributed by atoms with van der Waals surface area (Å²) in [6.45, 7) is 7.48. The van der Waals surface area contributed by atoms with Crippen molar-refractivity contribution in [3.63, 3.8) is 0 Å². The van der Waals surface area contributed by atoms with Gasteiger partial charge < -0.3 is 4.98 Å². The molecule has 0 amide bonds. The lowest BCUT2D eigenvalue weighted by atomic mass is 10.1. The van der Waals surface area contributed by atoms with Crippen molar-refractivity contribution in [3.05, 3.63) is 54.1 Å². The van der Waals surface area contributed by atoms with Crippen molar-refractivity contribution < 1.29 is 0 Å². The van der Waals surface area contributed by atoms with Gasteiger partial charge in [0.25, 0.3) is 0 Å². The Morgan fingerprint density at radius 2 is 1.67 bits per heavy atom. The largest absolute Gasteiger partial charge is 0.338 e. The topological polar surface area (TPSA) is 31.9 Å². The Bertz CT molecular complexity index is 693. The zero-order chi connectivity index (χ0) is 14.7. The van der Waals surface area contributed by atoms with Crippen LogP contribution in [0.5, 0.6) is 0 Å². The molecule has 0 fully saturated rings. The monoisotopic (exact) mass is 279 g/mol. The summed E-state index contributed by atoms with van der Waals surface area (Å²) < 4.78 is 0. The molecule has 0 saturated heterocycles. The van der Waals surface area contributed by atoms with E-state index in [9.17, 15) is 0 Å². The van der Waals surface area contributed by atoms with Crippen LogP contribution in [0.25, 0.3) is 22.4 Å². The van der Waals surface area contributed by atoms with Crippen LogP contribution in [0.2, 0.25) is 0 Å². The molecule has 0 bridgehead atoms. The molecule has 108 valence electrons. The summed E-state index contributed by atoms with van der Waals surface area (Å²) in [4.78, 5) is 10.6. The van der Waals surface area contributed by atoms with Crippen molar-refractivity contribution >= 4 is 11.0 Å². The summed E-state index contributed by atoms with van der Waals surface area (Å²) in [5.74, 6) is 0.957. The highest BCUT2D eigenvalue weighted by Crippen LogP contribution is 2.24. The molecule has 0 aliphatic rings. The van der Waals surface area contributed by atoms with Crippen molar-refractivity contribution in [2.75, 3.05) is 13.1 Å². The molecule has 2 aromatic carbocycles. The molecule has 3 heteroatoms. The molecule has 3 nitrogen and oxygen atoms in total. The molecule has 21 heavy (non-hydrogen) atoms. The van der Waals surface area contributed by atoms with Crippen LogP contribution in [0.4, 0.5) is 0 Å². The van der Waals surface area contributed by atoms with Crippen molar-refractivity contribution in [3.8, 4) is 11.4 Å². The van der Waals surface area contributed by atoms with E-state index in [4.69, 9.17) is 4.98 Å². The molecule has 0 atom stereocenters. The van der Waals surface area contributed by atoms with E-state index in [0.29, 0.717) is 0 Å². The third kappa shape index (κ3) is 2.83. The SMILES string of the molecule is CCN(CC)Cc1ccccc1-c1nc2ccccc2[nH]1. The van der Waals surface area contributed by atoms with Gasteiger partial charge in [0.2, 0.25) is 0 Å². The Balaban J connectivity index is 2.01. The molecule has 0 aliphatic carbocycles. The minimum Gasteiger partial charge on any atom is -0.338 e. The Morgan fingerprint density at radius 3 is 2.43 bits per heavy atom. The molecule has 1 aromatic heterocycles. The number of H-pyrrole nitrogens is 1. The Hall–Kier alpha value is -2.13. The van der Waals surface area contributed by atoms with Gasteiger partial charge in [0.15, 0.2) is 0 Å². The molecule has 0 aliphatic heterocycles. The van der Waals surface area contributed by atoms with Gasteiger partial charge in [-0.1, -0.05) is 50.2 Å². The van der Waals surface area contributed by atoms with Gasteiger partial charge >= 0.3 is 0 Å². The van der Waals surface area contributed by atoms with E-state index < -0.39 is 0 Å². The summed E-state index contributed by atoms with van der Waals surface area (Å²) in [7, 11) is 0. The second-order valence-corrected chi connectivity index (χ2v) is 5.22. The van der Waals surface area contributed by atoms with Gasteiger partial charge in [0.1, 0.15) is 5.82 Å². The maximum Gasteiger partial charge on any atom is 0.138 e. The highest BCUT2D eigenvalue weighted by atomic mass is 15.1. The summed E-state index contributed by atoms with van der Waals surface area (Å²) in [5.41, 5.74) is 4.62. The average Bonchev–Trinajstić information content (AvgIpc) is 2.96. The smallest absolute Gasteiger partial charge is 0.138 e. The van der Waals surface area contributed by atoms with Gasteiger partial charge in [-0.3, -0.25) is 4.90 Å². The van der Waals surface area contributed by atoms with E-state index in [1.54, 1.807) is 0 Å². The van der Waals surface area contributed by atoms with Gasteiger partial charge in [-0.2, -0.15) is 0 Å². The third-order valence-electron chi connectivity index (χ3n) is 3.95. The number of aromatic nitrogens is 2. The molecule has 0 radical (unpaired) electrons. The Labute approximate surface area is 125 Å². The van der Waals surface area contributed by atoms with Crippen molar-refractivity contribution in [2.24, 2.45) is 0 Å². The second kappa shape index (κ2) is 6.10. The zero-order valence-electron chi connectivity index (χ0n) is 12.6. The van der Waals surface area contributed by atoms with Crippen molar-refractivity contribution in [1.29, 1.82) is 0 Å². The Morgan fingerprint density at radius 1 is 0.952 bits per heavy atom. The van der Waals surface area contributed by atoms with Crippen molar-refractivity contribution in [2.45, 2.75) is 20.4 Å². The summed E-state index contributed by atoms with van der Waals surface area (Å²) in [5, 5.41) is 0. The van der Waals surface area contributed by atoms with Crippen LogP contribution >= 0.6 is 0 Å². The fourth-order valence-electron chi connectivity index (χ4n) is 2.66. The van der Waals surface area contributed by atoms with Gasteiger partial charge in [0, 0.05) is 12.1 Å². The van der Waals surface area contributed by atoms with Gasteiger partial charge in [-0.15, -0.1) is 0 Å². The van der Waals surface area contributed by atoms with E-state index in [2.05, 4.69) is 54.1 Å². The summed E-state index contributed by atoms with van der Waals surface area (Å²) in [6.07, 6.45) is 0. The highest BCUT2D eigenvalue weighted by Gasteiger charge is 2.11. The van der Waals surface area contributed by atoms with E-state index >= 15 is 0 Å². The van der Waals surface area contributed by atoms with Gasteiger partial charge in [-0.05, 0) is 30.8 Å². The molecule has 0 spiro atoms. The van der Waals surface area contributed by atoms with Crippen LogP contribution in [-0.4, -0.2) is 28.0 Å². The number of nitrogens with zero attached hydrogens (tertiary/aromatic N) is 2. The zero-order valence-corrected chi connectivity index (χ0v) is 12.6. The number of benzene rings is 2. The fraction of sp³-hybridized carbons (Fsp3) is 0.278. The molecule has 0 saturated carbocycles. The highest BCUT2D eigenvalue weighted by molar-refractivity contribution is 5.79. The molecule has 1 heterocycles. The number of hydrogen-bond acceptors (Lipinski definition) is 2. The first-order chi connectivity index (χ1) is 10.3. The molecular weight excluding hydrogens is 258 g/mol. The number of aromatic amines is 1. The minimum absolute atomic E-state index is 0.957. The third-order valence-corrected chi connectivity index (χ3v) is 3.95. The van der Waals surface area contributed by atoms with E-state index in [1.807, 2.05) is 18.2 Å². The lowest BCUT2D eigenvalue weighted by Crippen LogP contribution is -2.22. The van der Waals surface area contributed by atoms with Crippen LogP contribution < -0.4 is 0 Å². The first-order valence-electron chi connectivity index (χ1n) is 7.57. The fourth-order valence-corrected chi connectivity index (χ4v) is 2.66. The molecule has 3 rings (SSSR count).